The lowest BCUT2D eigenvalue weighted by Crippen LogP contribution is -1.86. The summed E-state index contributed by atoms with van der Waals surface area (Å²) in [5, 5.41) is 0. The first-order valence-corrected chi connectivity index (χ1v) is 4.22. The SMILES string of the molecule is C=C/C=C\c1cc(CC)cn1C. The molecule has 0 saturated carbocycles. The van der Waals surface area contributed by atoms with Crippen LogP contribution in [0.1, 0.15) is 18.2 Å². The molecule has 0 aliphatic carbocycles. The summed E-state index contributed by atoms with van der Waals surface area (Å²) in [5.41, 5.74) is 2.60. The summed E-state index contributed by atoms with van der Waals surface area (Å²) in [6, 6.07) is 2.19. The molecule has 0 aliphatic rings. The van der Waals surface area contributed by atoms with Crippen LogP contribution in [0.2, 0.25) is 0 Å². The van der Waals surface area contributed by atoms with E-state index in [0.717, 1.165) is 6.42 Å². The van der Waals surface area contributed by atoms with E-state index in [0.29, 0.717) is 0 Å². The van der Waals surface area contributed by atoms with Crippen LogP contribution >= 0.6 is 0 Å². The first kappa shape index (κ1) is 8.85. The van der Waals surface area contributed by atoms with Crippen molar-refractivity contribution in [1.82, 2.24) is 4.57 Å². The molecule has 0 aliphatic heterocycles. The molecule has 0 bridgehead atoms. The van der Waals surface area contributed by atoms with E-state index in [2.05, 4.69) is 43.5 Å². The van der Waals surface area contributed by atoms with Crippen LogP contribution in [0.4, 0.5) is 0 Å². The van der Waals surface area contributed by atoms with Gasteiger partial charge in [0.15, 0.2) is 0 Å². The molecule has 64 valence electrons. The van der Waals surface area contributed by atoms with Gasteiger partial charge in [-0.05, 0) is 24.1 Å². The molecule has 0 N–H and O–H groups in total. The van der Waals surface area contributed by atoms with Crippen LogP contribution in [0.15, 0.2) is 31.0 Å². The van der Waals surface area contributed by atoms with Crippen LogP contribution in [0.25, 0.3) is 6.08 Å². The van der Waals surface area contributed by atoms with Crippen LogP contribution in [0, 0.1) is 0 Å². The van der Waals surface area contributed by atoms with Crippen molar-refractivity contribution < 1.29 is 0 Å². The Balaban J connectivity index is 2.91. The first-order valence-electron chi connectivity index (χ1n) is 4.22. The Hall–Kier alpha value is -1.24. The van der Waals surface area contributed by atoms with Crippen molar-refractivity contribution in [3.8, 4) is 0 Å². The van der Waals surface area contributed by atoms with E-state index in [1.807, 2.05) is 6.08 Å². The number of hydrogen-bond donors (Lipinski definition) is 0. The fourth-order valence-electron chi connectivity index (χ4n) is 1.18. The second-order valence-electron chi connectivity index (χ2n) is 2.83. The Kier molecular flexibility index (Phi) is 2.92. The molecule has 0 amide bonds. The molecule has 12 heavy (non-hydrogen) atoms. The minimum absolute atomic E-state index is 1.09. The highest BCUT2D eigenvalue weighted by molar-refractivity contribution is 5.49. The van der Waals surface area contributed by atoms with E-state index in [1.54, 1.807) is 6.08 Å². The van der Waals surface area contributed by atoms with Gasteiger partial charge in [0.1, 0.15) is 0 Å². The van der Waals surface area contributed by atoms with Crippen LogP contribution in [-0.4, -0.2) is 4.57 Å². The molecule has 1 heterocycles. The molecule has 0 atom stereocenters. The number of aryl methyl sites for hydroxylation is 2. The smallest absolute Gasteiger partial charge is 0.0406 e. The van der Waals surface area contributed by atoms with Crippen LogP contribution in [-0.2, 0) is 13.5 Å². The molecule has 0 aromatic carbocycles. The molecule has 1 heteroatoms. The molecule has 0 unspecified atom stereocenters. The highest BCUT2D eigenvalue weighted by Crippen LogP contribution is 2.09. The van der Waals surface area contributed by atoms with E-state index in [4.69, 9.17) is 0 Å². The zero-order valence-corrected chi connectivity index (χ0v) is 7.75. The summed E-state index contributed by atoms with van der Waals surface area (Å²) < 4.78 is 2.12. The van der Waals surface area contributed by atoms with Gasteiger partial charge in [-0.2, -0.15) is 0 Å². The van der Waals surface area contributed by atoms with Crippen molar-refractivity contribution in [1.29, 1.82) is 0 Å². The summed E-state index contributed by atoms with van der Waals surface area (Å²) in [5.74, 6) is 0. The van der Waals surface area contributed by atoms with Crippen molar-refractivity contribution in [3.63, 3.8) is 0 Å². The fraction of sp³-hybridized carbons (Fsp3) is 0.273. The third kappa shape index (κ3) is 1.88. The monoisotopic (exact) mass is 161 g/mol. The Bertz CT molecular complexity index is 292. The topological polar surface area (TPSA) is 4.93 Å². The molecular weight excluding hydrogens is 146 g/mol. The second-order valence-corrected chi connectivity index (χ2v) is 2.83. The Morgan fingerprint density at radius 1 is 1.58 bits per heavy atom. The van der Waals surface area contributed by atoms with Crippen LogP contribution < -0.4 is 0 Å². The average molecular weight is 161 g/mol. The number of rotatable bonds is 3. The molecule has 1 nitrogen and oxygen atoms in total. The third-order valence-corrected chi connectivity index (χ3v) is 1.91. The van der Waals surface area contributed by atoms with Crippen molar-refractivity contribution in [2.45, 2.75) is 13.3 Å². The lowest BCUT2D eigenvalue weighted by Gasteiger charge is -1.92. The average Bonchev–Trinajstić information content (AvgIpc) is 2.43. The van der Waals surface area contributed by atoms with Gasteiger partial charge >= 0.3 is 0 Å². The maximum absolute atomic E-state index is 3.64. The standard InChI is InChI=1S/C11H15N/c1-4-6-7-11-8-10(5-2)9-12(11)3/h4,6-9H,1,5H2,2-3H3/b7-6-. The molecule has 1 aromatic heterocycles. The molecule has 0 spiro atoms. The summed E-state index contributed by atoms with van der Waals surface area (Å²) >= 11 is 0. The zero-order valence-electron chi connectivity index (χ0n) is 7.75. The normalized spacial score (nSPS) is 10.8. The first-order chi connectivity index (χ1) is 5.77. The maximum atomic E-state index is 3.64. The predicted octanol–water partition coefficient (Wildman–Crippen LogP) is 2.79. The van der Waals surface area contributed by atoms with Crippen molar-refractivity contribution in [2.24, 2.45) is 7.05 Å². The second kappa shape index (κ2) is 3.96. The molecule has 0 fully saturated rings. The van der Waals surface area contributed by atoms with Crippen LogP contribution in [0.5, 0.6) is 0 Å². The van der Waals surface area contributed by atoms with Gasteiger partial charge in [-0.1, -0.05) is 25.7 Å². The minimum atomic E-state index is 1.09. The number of aromatic nitrogens is 1. The third-order valence-electron chi connectivity index (χ3n) is 1.91. The zero-order chi connectivity index (χ0) is 8.97. The lowest BCUT2D eigenvalue weighted by atomic mass is 10.2. The van der Waals surface area contributed by atoms with Crippen molar-refractivity contribution >= 4 is 6.08 Å². The highest BCUT2D eigenvalue weighted by atomic mass is 14.9. The molecule has 1 aromatic rings. The number of hydrogen-bond acceptors (Lipinski definition) is 0. The molecule has 0 radical (unpaired) electrons. The van der Waals surface area contributed by atoms with Gasteiger partial charge in [0.25, 0.3) is 0 Å². The van der Waals surface area contributed by atoms with Crippen LogP contribution in [0.3, 0.4) is 0 Å². The van der Waals surface area contributed by atoms with Gasteiger partial charge in [0.05, 0.1) is 0 Å². The van der Waals surface area contributed by atoms with E-state index >= 15 is 0 Å². The summed E-state index contributed by atoms with van der Waals surface area (Å²) in [6.07, 6.45) is 9.05. The van der Waals surface area contributed by atoms with Crippen molar-refractivity contribution in [3.05, 3.63) is 42.3 Å². The van der Waals surface area contributed by atoms with Gasteiger partial charge in [-0.25, -0.2) is 0 Å². The van der Waals surface area contributed by atoms with Gasteiger partial charge in [0, 0.05) is 18.9 Å². The molecule has 1 rings (SSSR count). The van der Waals surface area contributed by atoms with E-state index < -0.39 is 0 Å². The van der Waals surface area contributed by atoms with E-state index in [9.17, 15) is 0 Å². The van der Waals surface area contributed by atoms with E-state index in [-0.39, 0.29) is 0 Å². The quantitative estimate of drug-likeness (QED) is 0.601. The number of nitrogens with zero attached hydrogens (tertiary/aromatic N) is 1. The Morgan fingerprint density at radius 2 is 2.33 bits per heavy atom. The summed E-state index contributed by atoms with van der Waals surface area (Å²) in [7, 11) is 2.06. The highest BCUT2D eigenvalue weighted by Gasteiger charge is 1.96. The van der Waals surface area contributed by atoms with Gasteiger partial charge < -0.3 is 4.57 Å². The fourth-order valence-corrected chi connectivity index (χ4v) is 1.18. The number of allylic oxidation sites excluding steroid dienone is 2. The molecule has 0 saturated heterocycles. The minimum Gasteiger partial charge on any atom is -0.351 e. The Morgan fingerprint density at radius 3 is 2.83 bits per heavy atom. The van der Waals surface area contributed by atoms with Gasteiger partial charge in [-0.3, -0.25) is 0 Å². The van der Waals surface area contributed by atoms with E-state index in [1.165, 1.54) is 11.3 Å². The summed E-state index contributed by atoms with van der Waals surface area (Å²) in [4.78, 5) is 0. The lowest BCUT2D eigenvalue weighted by molar-refractivity contribution is 0.908. The van der Waals surface area contributed by atoms with Gasteiger partial charge in [0.2, 0.25) is 0 Å². The summed E-state index contributed by atoms with van der Waals surface area (Å²) in [6.45, 7) is 5.80. The predicted molar refractivity (Wildman–Crippen MR) is 54.0 cm³/mol. The largest absolute Gasteiger partial charge is 0.351 e. The molecular formula is C11H15N. The Labute approximate surface area is 74.0 Å². The van der Waals surface area contributed by atoms with Crippen molar-refractivity contribution in [2.75, 3.05) is 0 Å². The van der Waals surface area contributed by atoms with Gasteiger partial charge in [-0.15, -0.1) is 0 Å². The maximum Gasteiger partial charge on any atom is 0.0406 e.